The highest BCUT2D eigenvalue weighted by Crippen LogP contribution is 2.22. The third-order valence-corrected chi connectivity index (χ3v) is 2.89. The molecule has 0 spiro atoms. The highest BCUT2D eigenvalue weighted by molar-refractivity contribution is 6.30. The van der Waals surface area contributed by atoms with E-state index in [0.717, 1.165) is 5.75 Å². The van der Waals surface area contributed by atoms with E-state index in [9.17, 15) is 5.11 Å². The Morgan fingerprint density at radius 3 is 2.82 bits per heavy atom. The van der Waals surface area contributed by atoms with Crippen LogP contribution in [0.5, 0.6) is 5.75 Å². The van der Waals surface area contributed by atoms with Gasteiger partial charge in [0.25, 0.3) is 0 Å². The van der Waals surface area contributed by atoms with Gasteiger partial charge in [-0.3, -0.25) is 4.89 Å². The zero-order valence-electron chi connectivity index (χ0n) is 9.96. The van der Waals surface area contributed by atoms with Gasteiger partial charge in [0.15, 0.2) is 0 Å². The lowest BCUT2D eigenvalue weighted by molar-refractivity contribution is -0.183. The van der Waals surface area contributed by atoms with Crippen molar-refractivity contribution in [1.82, 2.24) is 0 Å². The number of ether oxygens (including phenoxy) is 1. The summed E-state index contributed by atoms with van der Waals surface area (Å²) >= 11 is 0. The molecule has 1 aromatic rings. The Balaban J connectivity index is 1.88. The number of hydrogen-bond acceptors (Lipinski definition) is 4. The Bertz CT molecular complexity index is 335. The van der Waals surface area contributed by atoms with Crippen molar-refractivity contribution < 1.29 is 19.5 Å². The van der Waals surface area contributed by atoms with Gasteiger partial charge in [0.1, 0.15) is 12.4 Å². The monoisotopic (exact) mass is 236 g/mol. The smallest absolute Gasteiger partial charge is 0.333 e. The van der Waals surface area contributed by atoms with E-state index in [0.29, 0.717) is 32.9 Å². The molecule has 0 radical (unpaired) electrons. The Morgan fingerprint density at radius 1 is 1.47 bits per heavy atom. The average molecular weight is 236 g/mol. The molecule has 1 heterocycles. The molecule has 1 aromatic carbocycles. The lowest BCUT2D eigenvalue weighted by Gasteiger charge is -2.11. The molecule has 1 N–H and O–H groups in total. The van der Waals surface area contributed by atoms with Crippen LogP contribution in [0.25, 0.3) is 0 Å². The molecule has 2 unspecified atom stereocenters. The first-order chi connectivity index (χ1) is 8.29. The van der Waals surface area contributed by atoms with Crippen LogP contribution in [0.4, 0.5) is 0 Å². The van der Waals surface area contributed by atoms with Gasteiger partial charge in [-0.25, -0.2) is 0 Å². The number of hydrogen-bond donors (Lipinski definition) is 1. The average Bonchev–Trinajstić information content (AvgIpc) is 2.90. The molecule has 1 saturated heterocycles. The summed E-state index contributed by atoms with van der Waals surface area (Å²) in [5.74, 6) is 1.09. The van der Waals surface area contributed by atoms with E-state index >= 15 is 0 Å². The summed E-state index contributed by atoms with van der Waals surface area (Å²) in [7, 11) is 0.606. The third-order valence-electron chi connectivity index (χ3n) is 2.89. The summed E-state index contributed by atoms with van der Waals surface area (Å²) in [6, 6.07) is 7.85. The SMILES string of the molecule is CCC(O)COc1ccc(C2BOOC2)cc1. The molecule has 0 saturated carbocycles. The Morgan fingerprint density at radius 2 is 2.24 bits per heavy atom. The highest BCUT2D eigenvalue weighted by Gasteiger charge is 2.21. The number of benzene rings is 1. The van der Waals surface area contributed by atoms with Crippen LogP contribution in [0.3, 0.4) is 0 Å². The quantitative estimate of drug-likeness (QED) is 0.616. The van der Waals surface area contributed by atoms with Crippen LogP contribution in [-0.4, -0.2) is 31.9 Å². The first-order valence-corrected chi connectivity index (χ1v) is 5.95. The van der Waals surface area contributed by atoms with Crippen LogP contribution in [0.2, 0.25) is 0 Å². The Kier molecular flexibility index (Phi) is 4.42. The van der Waals surface area contributed by atoms with E-state index < -0.39 is 6.10 Å². The van der Waals surface area contributed by atoms with Crippen molar-refractivity contribution in [3.63, 3.8) is 0 Å². The van der Waals surface area contributed by atoms with Crippen molar-refractivity contribution in [2.45, 2.75) is 25.3 Å². The standard InChI is InChI=1S/C12H17BO4/c1-2-10(14)7-15-11-5-3-9(4-6-11)12-8-16-17-13-12/h3-6,10,12-14H,2,7-8H2,1H3. The second-order valence-corrected chi connectivity index (χ2v) is 4.21. The van der Waals surface area contributed by atoms with E-state index in [1.807, 2.05) is 31.2 Å². The molecular weight excluding hydrogens is 219 g/mol. The second kappa shape index (κ2) is 6.05. The van der Waals surface area contributed by atoms with Crippen LogP contribution >= 0.6 is 0 Å². The van der Waals surface area contributed by atoms with Gasteiger partial charge in [-0.15, -0.1) is 0 Å². The second-order valence-electron chi connectivity index (χ2n) is 4.21. The van der Waals surface area contributed by atoms with Crippen LogP contribution in [-0.2, 0) is 9.69 Å². The van der Waals surface area contributed by atoms with Crippen molar-refractivity contribution in [3.8, 4) is 5.75 Å². The molecule has 17 heavy (non-hydrogen) atoms. The highest BCUT2D eigenvalue weighted by atomic mass is 17.2. The fraction of sp³-hybridized carbons (Fsp3) is 0.500. The molecule has 5 heteroatoms. The summed E-state index contributed by atoms with van der Waals surface area (Å²) in [4.78, 5) is 9.74. The van der Waals surface area contributed by atoms with Gasteiger partial charge >= 0.3 is 7.48 Å². The van der Waals surface area contributed by atoms with Gasteiger partial charge < -0.3 is 14.6 Å². The normalized spacial score (nSPS) is 20.9. The molecule has 0 bridgehead atoms. The van der Waals surface area contributed by atoms with Crippen LogP contribution in [0, 0.1) is 0 Å². The van der Waals surface area contributed by atoms with Gasteiger partial charge in [-0.2, -0.15) is 0 Å². The molecule has 2 rings (SSSR count). The van der Waals surface area contributed by atoms with Gasteiger partial charge in [0.05, 0.1) is 12.7 Å². The zero-order chi connectivity index (χ0) is 12.1. The number of rotatable bonds is 5. The minimum atomic E-state index is -0.397. The van der Waals surface area contributed by atoms with Crippen LogP contribution < -0.4 is 4.74 Å². The molecule has 1 aliphatic rings. The lowest BCUT2D eigenvalue weighted by atomic mass is 9.77. The fourth-order valence-corrected chi connectivity index (χ4v) is 1.65. The Labute approximate surface area is 102 Å². The maximum Gasteiger partial charge on any atom is 0.333 e. The Hall–Kier alpha value is -1.04. The molecule has 1 aliphatic heterocycles. The van der Waals surface area contributed by atoms with E-state index in [1.165, 1.54) is 5.56 Å². The fourth-order valence-electron chi connectivity index (χ4n) is 1.65. The summed E-state index contributed by atoms with van der Waals surface area (Å²) in [5.41, 5.74) is 1.19. The largest absolute Gasteiger partial charge is 0.491 e. The summed E-state index contributed by atoms with van der Waals surface area (Å²) < 4.78 is 5.46. The predicted molar refractivity (Wildman–Crippen MR) is 65.2 cm³/mol. The third kappa shape index (κ3) is 3.46. The van der Waals surface area contributed by atoms with Crippen molar-refractivity contribution >= 4 is 7.48 Å². The van der Waals surface area contributed by atoms with E-state index in [4.69, 9.17) is 14.4 Å². The molecular formula is C12H17BO4. The minimum Gasteiger partial charge on any atom is -0.491 e. The predicted octanol–water partition coefficient (Wildman–Crippen LogP) is 1.19. The molecule has 92 valence electrons. The molecule has 2 atom stereocenters. The molecule has 0 aromatic heterocycles. The maximum absolute atomic E-state index is 9.39. The molecule has 0 aliphatic carbocycles. The van der Waals surface area contributed by atoms with Crippen molar-refractivity contribution in [1.29, 1.82) is 0 Å². The topological polar surface area (TPSA) is 47.9 Å². The molecule has 1 fully saturated rings. The van der Waals surface area contributed by atoms with Gasteiger partial charge in [0.2, 0.25) is 0 Å². The lowest BCUT2D eigenvalue weighted by Crippen LogP contribution is -2.16. The number of aliphatic hydroxyl groups is 1. The maximum atomic E-state index is 9.39. The first kappa shape index (κ1) is 12.4. The summed E-state index contributed by atoms with van der Waals surface area (Å²) in [6.45, 7) is 2.87. The van der Waals surface area contributed by atoms with Gasteiger partial charge in [0, 0.05) is 5.82 Å². The van der Waals surface area contributed by atoms with Crippen LogP contribution in [0.15, 0.2) is 24.3 Å². The molecule has 4 nitrogen and oxygen atoms in total. The van der Waals surface area contributed by atoms with Crippen molar-refractivity contribution in [2.75, 3.05) is 13.2 Å². The van der Waals surface area contributed by atoms with Crippen LogP contribution in [0.1, 0.15) is 24.7 Å². The van der Waals surface area contributed by atoms with E-state index in [1.54, 1.807) is 0 Å². The number of aliphatic hydroxyl groups excluding tert-OH is 1. The van der Waals surface area contributed by atoms with Gasteiger partial charge in [-0.1, -0.05) is 19.1 Å². The van der Waals surface area contributed by atoms with Crippen molar-refractivity contribution in [2.24, 2.45) is 0 Å². The van der Waals surface area contributed by atoms with Gasteiger partial charge in [-0.05, 0) is 24.1 Å². The summed E-state index contributed by atoms with van der Waals surface area (Å²) in [6.07, 6.45) is 0.306. The van der Waals surface area contributed by atoms with E-state index in [-0.39, 0.29) is 0 Å². The molecule has 0 amide bonds. The van der Waals surface area contributed by atoms with Crippen molar-refractivity contribution in [3.05, 3.63) is 29.8 Å². The summed E-state index contributed by atoms with van der Waals surface area (Å²) in [5, 5.41) is 9.39. The minimum absolute atomic E-state index is 0.310. The first-order valence-electron chi connectivity index (χ1n) is 5.95. The zero-order valence-corrected chi connectivity index (χ0v) is 9.96. The van der Waals surface area contributed by atoms with E-state index in [2.05, 4.69) is 0 Å².